The molecule has 3 heterocycles. The number of piperidine rings is 1. The van der Waals surface area contributed by atoms with Gasteiger partial charge in [0.05, 0.1) is 30.6 Å². The summed E-state index contributed by atoms with van der Waals surface area (Å²) in [7, 11) is 0. The molecular formula is C22H28F6N2O6. The number of likely N-dealkylation sites (tertiary alicyclic amines) is 1. The van der Waals surface area contributed by atoms with Crippen molar-refractivity contribution >= 4 is 11.9 Å². The van der Waals surface area contributed by atoms with E-state index in [4.69, 9.17) is 29.3 Å². The highest BCUT2D eigenvalue weighted by atomic mass is 19.4. The third-order valence-electron chi connectivity index (χ3n) is 6.01. The molecule has 1 aliphatic carbocycles. The molecule has 4 rings (SSSR count). The summed E-state index contributed by atoms with van der Waals surface area (Å²) in [5.74, 6) is -5.51. The van der Waals surface area contributed by atoms with Gasteiger partial charge in [-0.3, -0.25) is 9.88 Å². The van der Waals surface area contributed by atoms with Crippen LogP contribution in [0.5, 0.6) is 0 Å². The van der Waals surface area contributed by atoms with Gasteiger partial charge in [0.1, 0.15) is 0 Å². The van der Waals surface area contributed by atoms with Gasteiger partial charge in [0.25, 0.3) is 0 Å². The summed E-state index contributed by atoms with van der Waals surface area (Å²) >= 11 is 0. The second-order valence-corrected chi connectivity index (χ2v) is 8.72. The zero-order valence-electron chi connectivity index (χ0n) is 19.2. The number of carboxylic acids is 2. The Labute approximate surface area is 203 Å². The van der Waals surface area contributed by atoms with Crippen molar-refractivity contribution in [3.05, 3.63) is 30.1 Å². The van der Waals surface area contributed by atoms with Gasteiger partial charge in [0, 0.05) is 25.2 Å². The zero-order chi connectivity index (χ0) is 27.0. The van der Waals surface area contributed by atoms with E-state index in [2.05, 4.69) is 9.88 Å². The lowest BCUT2D eigenvalue weighted by atomic mass is 9.84. The molecule has 36 heavy (non-hydrogen) atoms. The van der Waals surface area contributed by atoms with Crippen molar-refractivity contribution in [1.82, 2.24) is 9.88 Å². The number of rotatable bonds is 4. The van der Waals surface area contributed by atoms with Crippen LogP contribution in [-0.2, 0) is 25.7 Å². The molecule has 1 saturated carbocycles. The largest absolute Gasteiger partial charge is 0.490 e. The first-order valence-corrected chi connectivity index (χ1v) is 11.2. The van der Waals surface area contributed by atoms with Gasteiger partial charge >= 0.3 is 24.3 Å². The smallest absolute Gasteiger partial charge is 0.475 e. The van der Waals surface area contributed by atoms with Crippen molar-refractivity contribution in [2.45, 2.75) is 75.2 Å². The Bertz CT molecular complexity index is 826. The molecule has 204 valence electrons. The number of nitrogens with zero attached hydrogens (tertiary/aromatic N) is 2. The van der Waals surface area contributed by atoms with E-state index in [0.717, 1.165) is 31.3 Å². The van der Waals surface area contributed by atoms with E-state index in [1.807, 2.05) is 24.4 Å². The van der Waals surface area contributed by atoms with E-state index in [1.165, 1.54) is 38.6 Å². The molecule has 14 heteroatoms. The van der Waals surface area contributed by atoms with Crippen LogP contribution in [0, 0.1) is 0 Å². The van der Waals surface area contributed by atoms with Crippen molar-refractivity contribution in [3.8, 4) is 0 Å². The van der Waals surface area contributed by atoms with Gasteiger partial charge < -0.3 is 19.7 Å². The third-order valence-corrected chi connectivity index (χ3v) is 6.01. The first kappa shape index (κ1) is 29.8. The minimum absolute atomic E-state index is 0.0582. The first-order chi connectivity index (χ1) is 16.7. The number of halogens is 6. The number of pyridine rings is 1. The van der Waals surface area contributed by atoms with Crippen LogP contribution in [0.2, 0.25) is 0 Å². The van der Waals surface area contributed by atoms with Crippen LogP contribution in [0.1, 0.15) is 44.2 Å². The molecular weight excluding hydrogens is 502 g/mol. The van der Waals surface area contributed by atoms with Crippen molar-refractivity contribution < 1.29 is 55.6 Å². The molecule has 0 amide bonds. The molecule has 2 atom stereocenters. The molecule has 0 radical (unpaired) electrons. The molecule has 3 fully saturated rings. The minimum atomic E-state index is -5.08. The van der Waals surface area contributed by atoms with Crippen LogP contribution in [0.4, 0.5) is 26.3 Å². The van der Waals surface area contributed by atoms with E-state index in [9.17, 15) is 26.3 Å². The fourth-order valence-corrected chi connectivity index (χ4v) is 4.08. The van der Waals surface area contributed by atoms with Crippen LogP contribution >= 0.6 is 0 Å². The lowest BCUT2D eigenvalue weighted by Gasteiger charge is -2.46. The van der Waals surface area contributed by atoms with Gasteiger partial charge in [-0.15, -0.1) is 0 Å². The molecule has 2 aliphatic heterocycles. The summed E-state index contributed by atoms with van der Waals surface area (Å²) < 4.78 is 75.8. The average molecular weight is 530 g/mol. The molecule has 0 aromatic carbocycles. The van der Waals surface area contributed by atoms with E-state index >= 15 is 0 Å². The standard InChI is InChI=1S/C18H26N2O2.2C2HF3O2/c1-2-9-19-15(5-1)12-21-17-11-18(22-13-17)8-4-10-20(14-18)16-6-3-7-16;2*3-2(4,5)1(6)7/h1-2,5,9,16-17H,3-4,6-8,10-14H2;2*(H,6,7)/t17-,18+;;/m1../s1. The van der Waals surface area contributed by atoms with Crippen LogP contribution in [0.15, 0.2) is 24.4 Å². The van der Waals surface area contributed by atoms with Crippen molar-refractivity contribution in [3.63, 3.8) is 0 Å². The normalized spacial score (nSPS) is 24.7. The Balaban J connectivity index is 0.000000271. The van der Waals surface area contributed by atoms with Crippen LogP contribution in [0.3, 0.4) is 0 Å². The molecule has 2 N–H and O–H groups in total. The van der Waals surface area contributed by atoms with Crippen molar-refractivity contribution in [2.75, 3.05) is 19.7 Å². The summed E-state index contributed by atoms with van der Waals surface area (Å²) in [5, 5.41) is 14.2. The van der Waals surface area contributed by atoms with E-state index in [-0.39, 0.29) is 11.7 Å². The number of aliphatic carboxylic acids is 2. The molecule has 8 nitrogen and oxygen atoms in total. The highest BCUT2D eigenvalue weighted by Crippen LogP contribution is 2.38. The van der Waals surface area contributed by atoms with Crippen LogP contribution < -0.4 is 0 Å². The van der Waals surface area contributed by atoms with E-state index in [1.54, 1.807) is 0 Å². The number of alkyl halides is 6. The maximum absolute atomic E-state index is 10.6. The van der Waals surface area contributed by atoms with Gasteiger partial charge in [-0.1, -0.05) is 12.5 Å². The highest BCUT2D eigenvalue weighted by Gasteiger charge is 2.45. The number of carbonyl (C=O) groups is 2. The molecule has 3 aliphatic rings. The van der Waals surface area contributed by atoms with Crippen LogP contribution in [0.25, 0.3) is 0 Å². The molecule has 1 spiro atoms. The second-order valence-electron chi connectivity index (χ2n) is 8.72. The molecule has 1 aromatic heterocycles. The highest BCUT2D eigenvalue weighted by molar-refractivity contribution is 5.73. The number of ether oxygens (including phenoxy) is 2. The summed E-state index contributed by atoms with van der Waals surface area (Å²) in [5.41, 5.74) is 1.06. The van der Waals surface area contributed by atoms with Gasteiger partial charge in [-0.05, 0) is 44.4 Å². The molecule has 1 aromatic rings. The number of carboxylic acid groups (broad SMARTS) is 2. The lowest BCUT2D eigenvalue weighted by molar-refractivity contribution is -0.193. The number of hydrogen-bond donors (Lipinski definition) is 2. The summed E-state index contributed by atoms with van der Waals surface area (Å²) in [6.45, 7) is 3.71. The van der Waals surface area contributed by atoms with Crippen molar-refractivity contribution in [1.29, 1.82) is 0 Å². The van der Waals surface area contributed by atoms with E-state index < -0.39 is 24.3 Å². The quantitative estimate of drug-likeness (QED) is 0.562. The molecule has 0 bridgehead atoms. The first-order valence-electron chi connectivity index (χ1n) is 11.2. The minimum Gasteiger partial charge on any atom is -0.475 e. The molecule has 0 unspecified atom stereocenters. The fraction of sp³-hybridized carbons (Fsp3) is 0.682. The van der Waals surface area contributed by atoms with E-state index in [0.29, 0.717) is 6.61 Å². The number of hydrogen-bond acceptors (Lipinski definition) is 6. The Kier molecular flexibility index (Phi) is 10.5. The van der Waals surface area contributed by atoms with Crippen molar-refractivity contribution in [2.24, 2.45) is 0 Å². The van der Waals surface area contributed by atoms with Gasteiger partial charge in [-0.2, -0.15) is 26.3 Å². The fourth-order valence-electron chi connectivity index (χ4n) is 4.08. The molecule has 2 saturated heterocycles. The maximum Gasteiger partial charge on any atom is 0.490 e. The lowest BCUT2D eigenvalue weighted by Crippen LogP contribution is -2.53. The van der Waals surface area contributed by atoms with Gasteiger partial charge in [0.15, 0.2) is 0 Å². The van der Waals surface area contributed by atoms with Gasteiger partial charge in [0.2, 0.25) is 0 Å². The Morgan fingerprint density at radius 2 is 1.69 bits per heavy atom. The Hall–Kier alpha value is -2.45. The maximum atomic E-state index is 10.6. The monoisotopic (exact) mass is 530 g/mol. The van der Waals surface area contributed by atoms with Crippen LogP contribution in [-0.4, -0.2) is 81.8 Å². The predicted octanol–water partition coefficient (Wildman–Crippen LogP) is 4.04. The Morgan fingerprint density at radius 3 is 2.17 bits per heavy atom. The van der Waals surface area contributed by atoms with Gasteiger partial charge in [-0.25, -0.2) is 9.59 Å². The number of aromatic nitrogens is 1. The topological polar surface area (TPSA) is 109 Å². The third kappa shape index (κ3) is 9.54. The predicted molar refractivity (Wildman–Crippen MR) is 112 cm³/mol. The summed E-state index contributed by atoms with van der Waals surface area (Å²) in [4.78, 5) is 24.8. The summed E-state index contributed by atoms with van der Waals surface area (Å²) in [6, 6.07) is 6.80. The SMILES string of the molecule is O=C(O)C(F)(F)F.O=C(O)C(F)(F)F.c1ccc(CO[C@H]2CO[C@@]3(CCCN(C4CCC4)C3)C2)nc1. The average Bonchev–Trinajstić information content (AvgIpc) is 3.13. The Morgan fingerprint density at radius 1 is 1.08 bits per heavy atom. The second kappa shape index (κ2) is 12.7. The zero-order valence-corrected chi connectivity index (χ0v) is 19.2. The summed E-state index contributed by atoms with van der Waals surface area (Å²) in [6.07, 6.45) is -0.436.